The molecule has 0 aliphatic heterocycles. The summed E-state index contributed by atoms with van der Waals surface area (Å²) in [6, 6.07) is 0. The van der Waals surface area contributed by atoms with Crippen LogP contribution in [0.5, 0.6) is 0 Å². The molecule has 0 saturated heterocycles. The van der Waals surface area contributed by atoms with E-state index in [4.69, 9.17) is 9.47 Å². The third-order valence-corrected chi connectivity index (χ3v) is 2.91. The van der Waals surface area contributed by atoms with E-state index < -0.39 is 0 Å². The van der Waals surface area contributed by atoms with E-state index in [-0.39, 0.29) is 12.2 Å². The fraction of sp³-hybridized carbons (Fsp3) is 0.778. The monoisotopic (exact) mass is 234 g/mol. The Morgan fingerprint density at radius 1 is 1.58 bits per heavy atom. The van der Waals surface area contributed by atoms with Crippen molar-refractivity contribution < 1.29 is 9.47 Å². The summed E-state index contributed by atoms with van der Waals surface area (Å²) in [5.74, 6) is 0.481. The van der Waals surface area contributed by atoms with Crippen molar-refractivity contribution >= 4 is 15.9 Å². The van der Waals surface area contributed by atoms with Gasteiger partial charge in [-0.2, -0.15) is 0 Å². The van der Waals surface area contributed by atoms with Crippen molar-refractivity contribution in [2.24, 2.45) is 5.92 Å². The molecule has 1 rings (SSSR count). The SMILES string of the molecule is CCO[C@H]1[C@H](C)/C(=C/Br)[C@@H]1OC. The van der Waals surface area contributed by atoms with Crippen LogP contribution in [-0.4, -0.2) is 25.9 Å². The van der Waals surface area contributed by atoms with Gasteiger partial charge in [-0.25, -0.2) is 0 Å². The van der Waals surface area contributed by atoms with Crippen molar-refractivity contribution in [3.63, 3.8) is 0 Å². The first-order valence-corrected chi connectivity index (χ1v) is 5.12. The first kappa shape index (κ1) is 10.2. The molecule has 1 aliphatic carbocycles. The van der Waals surface area contributed by atoms with Crippen LogP contribution in [0.25, 0.3) is 0 Å². The van der Waals surface area contributed by atoms with Crippen LogP contribution in [0.1, 0.15) is 13.8 Å². The van der Waals surface area contributed by atoms with Gasteiger partial charge in [0.25, 0.3) is 0 Å². The van der Waals surface area contributed by atoms with Gasteiger partial charge in [-0.3, -0.25) is 0 Å². The number of methoxy groups -OCH3 is 1. The summed E-state index contributed by atoms with van der Waals surface area (Å²) in [6.07, 6.45) is 0.392. The van der Waals surface area contributed by atoms with Gasteiger partial charge in [-0.15, -0.1) is 0 Å². The Labute approximate surface area is 82.1 Å². The van der Waals surface area contributed by atoms with E-state index in [1.807, 2.05) is 11.9 Å². The summed E-state index contributed by atoms with van der Waals surface area (Å²) in [7, 11) is 1.72. The first-order valence-electron chi connectivity index (χ1n) is 4.20. The van der Waals surface area contributed by atoms with Crippen molar-refractivity contribution in [3.8, 4) is 0 Å². The summed E-state index contributed by atoms with van der Waals surface area (Å²) in [5, 5.41) is 0. The van der Waals surface area contributed by atoms with Crippen molar-refractivity contribution in [3.05, 3.63) is 10.6 Å². The topological polar surface area (TPSA) is 18.5 Å². The Hall–Kier alpha value is 0.140. The van der Waals surface area contributed by atoms with E-state index >= 15 is 0 Å². The highest BCUT2D eigenvalue weighted by Crippen LogP contribution is 2.38. The Bertz CT molecular complexity index is 179. The van der Waals surface area contributed by atoms with Gasteiger partial charge < -0.3 is 9.47 Å². The van der Waals surface area contributed by atoms with Crippen LogP contribution >= 0.6 is 15.9 Å². The van der Waals surface area contributed by atoms with Crippen LogP contribution < -0.4 is 0 Å². The molecule has 3 heteroatoms. The molecule has 0 amide bonds. The van der Waals surface area contributed by atoms with Gasteiger partial charge in [0, 0.05) is 19.6 Å². The lowest BCUT2D eigenvalue weighted by molar-refractivity contribution is -0.102. The predicted octanol–water partition coefficient (Wildman–Crippen LogP) is 2.33. The fourth-order valence-corrected chi connectivity index (χ4v) is 2.32. The third kappa shape index (κ3) is 1.58. The van der Waals surface area contributed by atoms with Crippen LogP contribution in [0.2, 0.25) is 0 Å². The molecule has 2 nitrogen and oxygen atoms in total. The molecule has 1 saturated carbocycles. The van der Waals surface area contributed by atoms with E-state index in [1.54, 1.807) is 7.11 Å². The van der Waals surface area contributed by atoms with Gasteiger partial charge in [0.15, 0.2) is 0 Å². The Morgan fingerprint density at radius 2 is 2.25 bits per heavy atom. The number of hydrogen-bond donors (Lipinski definition) is 0. The lowest BCUT2D eigenvalue weighted by Crippen LogP contribution is -2.50. The second-order valence-corrected chi connectivity index (χ2v) is 3.43. The summed E-state index contributed by atoms with van der Waals surface area (Å²) in [4.78, 5) is 1.95. The minimum atomic E-state index is 0.152. The molecular weight excluding hydrogens is 220 g/mol. The third-order valence-electron chi connectivity index (χ3n) is 2.38. The zero-order chi connectivity index (χ0) is 9.14. The molecule has 0 spiro atoms. The van der Waals surface area contributed by atoms with Gasteiger partial charge in [0.1, 0.15) is 6.10 Å². The zero-order valence-corrected chi connectivity index (χ0v) is 9.30. The molecule has 0 radical (unpaired) electrons. The first-order chi connectivity index (χ1) is 5.76. The highest BCUT2D eigenvalue weighted by molar-refractivity contribution is 9.11. The molecule has 1 fully saturated rings. The highest BCUT2D eigenvalue weighted by Gasteiger charge is 2.43. The molecule has 0 aromatic rings. The molecule has 0 bridgehead atoms. The smallest absolute Gasteiger partial charge is 0.106 e. The van der Waals surface area contributed by atoms with Crippen molar-refractivity contribution in [1.29, 1.82) is 0 Å². The lowest BCUT2D eigenvalue weighted by atomic mass is 9.75. The summed E-state index contributed by atoms with van der Waals surface area (Å²) in [6.45, 7) is 4.92. The van der Waals surface area contributed by atoms with Gasteiger partial charge >= 0.3 is 0 Å². The predicted molar refractivity (Wildman–Crippen MR) is 52.4 cm³/mol. The van der Waals surface area contributed by atoms with Gasteiger partial charge in [-0.1, -0.05) is 22.9 Å². The van der Waals surface area contributed by atoms with E-state index in [2.05, 4.69) is 22.9 Å². The highest BCUT2D eigenvalue weighted by atomic mass is 79.9. The molecule has 0 N–H and O–H groups in total. The Morgan fingerprint density at radius 3 is 2.67 bits per heavy atom. The average Bonchev–Trinajstić information content (AvgIpc) is 2.09. The zero-order valence-electron chi connectivity index (χ0n) is 7.71. The molecule has 0 aromatic carbocycles. The van der Waals surface area contributed by atoms with Crippen molar-refractivity contribution in [2.45, 2.75) is 26.1 Å². The van der Waals surface area contributed by atoms with E-state index in [0.29, 0.717) is 5.92 Å². The molecule has 0 aromatic heterocycles. The van der Waals surface area contributed by atoms with Crippen LogP contribution in [0.4, 0.5) is 0 Å². The second kappa shape index (κ2) is 4.40. The maximum absolute atomic E-state index is 5.54. The van der Waals surface area contributed by atoms with Crippen LogP contribution in [0.3, 0.4) is 0 Å². The van der Waals surface area contributed by atoms with Gasteiger partial charge in [0.2, 0.25) is 0 Å². The molecule has 3 atom stereocenters. The number of rotatable bonds is 3. The number of ether oxygens (including phenoxy) is 2. The Balaban J connectivity index is 2.56. The maximum Gasteiger partial charge on any atom is 0.106 e. The van der Waals surface area contributed by atoms with E-state index in [9.17, 15) is 0 Å². The van der Waals surface area contributed by atoms with Gasteiger partial charge in [-0.05, 0) is 17.5 Å². The molecule has 70 valence electrons. The van der Waals surface area contributed by atoms with Gasteiger partial charge in [0.05, 0.1) is 6.10 Å². The van der Waals surface area contributed by atoms with Crippen LogP contribution in [0.15, 0.2) is 10.6 Å². The number of halogens is 1. The van der Waals surface area contributed by atoms with E-state index in [1.165, 1.54) is 5.57 Å². The summed E-state index contributed by atoms with van der Waals surface area (Å²) < 4.78 is 10.8. The fourth-order valence-electron chi connectivity index (χ4n) is 1.64. The Kier molecular flexibility index (Phi) is 3.75. The van der Waals surface area contributed by atoms with Crippen LogP contribution in [0, 0.1) is 5.92 Å². The minimum Gasteiger partial charge on any atom is -0.375 e. The minimum absolute atomic E-state index is 0.152. The summed E-state index contributed by atoms with van der Waals surface area (Å²) in [5.41, 5.74) is 1.29. The molecule has 0 unspecified atom stereocenters. The quantitative estimate of drug-likeness (QED) is 0.747. The molecular formula is C9H15BrO2. The normalized spacial score (nSPS) is 38.3. The average molecular weight is 235 g/mol. The van der Waals surface area contributed by atoms with Crippen LogP contribution in [-0.2, 0) is 9.47 Å². The van der Waals surface area contributed by atoms with Crippen molar-refractivity contribution in [1.82, 2.24) is 0 Å². The van der Waals surface area contributed by atoms with E-state index in [0.717, 1.165) is 6.61 Å². The lowest BCUT2D eigenvalue weighted by Gasteiger charge is -2.43. The van der Waals surface area contributed by atoms with Crippen molar-refractivity contribution in [2.75, 3.05) is 13.7 Å². The standard InChI is InChI=1S/C9H15BrO2/c1-4-12-8-6(2)7(5-10)9(8)11-3/h5-6,8-9H,4H2,1-3H3/b7-5-/t6-,8+,9+/m1/s1. The maximum atomic E-state index is 5.54. The molecule has 12 heavy (non-hydrogen) atoms. The second-order valence-electron chi connectivity index (χ2n) is 2.97. The molecule has 1 aliphatic rings. The summed E-state index contributed by atoms with van der Waals surface area (Å²) >= 11 is 3.33. The number of hydrogen-bond acceptors (Lipinski definition) is 2. The largest absolute Gasteiger partial charge is 0.375 e. The molecule has 0 heterocycles.